The lowest BCUT2D eigenvalue weighted by Crippen LogP contribution is -2.48. The van der Waals surface area contributed by atoms with Crippen molar-refractivity contribution in [2.75, 3.05) is 6.54 Å². The number of aromatic nitrogens is 1. The van der Waals surface area contributed by atoms with Gasteiger partial charge in [-0.2, -0.15) is 0 Å². The average Bonchev–Trinajstić information content (AvgIpc) is 2.82. The fourth-order valence-electron chi connectivity index (χ4n) is 4.59. The first-order chi connectivity index (χ1) is 11.9. The van der Waals surface area contributed by atoms with Gasteiger partial charge in [0, 0.05) is 31.1 Å². The number of rotatable bonds is 3. The lowest BCUT2D eigenvalue weighted by atomic mass is 9.75. The van der Waals surface area contributed by atoms with E-state index in [4.69, 9.17) is 0 Å². The number of hydrogen-bond donors (Lipinski definition) is 2. The Morgan fingerprint density at radius 3 is 2.80 bits per heavy atom. The molecule has 25 heavy (non-hydrogen) atoms. The maximum atomic E-state index is 12.3. The second-order valence-corrected chi connectivity index (χ2v) is 7.53. The van der Waals surface area contributed by atoms with Gasteiger partial charge in [0.05, 0.1) is 12.1 Å². The molecule has 2 fully saturated rings. The molecule has 1 aromatic heterocycles. The number of aliphatic hydroxyl groups is 1. The molecule has 3 rings (SSSR count). The van der Waals surface area contributed by atoms with Crippen LogP contribution in [0.1, 0.15) is 56.4 Å². The molecule has 2 aliphatic rings. The standard InChI is InChI=1S/C19H27N3O3/c1-13(23)22-14(12-21-18(25)15-7-5-6-10-20-15)11-19(2)16(22)8-3-4-9-17(19)24/h5-7,10,14,16-17,24H,3-4,8-9,11-12H2,1-2H3,(H,21,25)/t14-,16-,17+,19-/m1/s1. The van der Waals surface area contributed by atoms with Crippen molar-refractivity contribution in [2.24, 2.45) is 5.41 Å². The van der Waals surface area contributed by atoms with Crippen LogP contribution in [0.15, 0.2) is 24.4 Å². The van der Waals surface area contributed by atoms with Crippen LogP contribution in [0.5, 0.6) is 0 Å². The van der Waals surface area contributed by atoms with Gasteiger partial charge in [0.25, 0.3) is 5.91 Å². The number of aliphatic hydroxyl groups excluding tert-OH is 1. The lowest BCUT2D eigenvalue weighted by molar-refractivity contribution is -0.133. The zero-order valence-corrected chi connectivity index (χ0v) is 14.9. The van der Waals surface area contributed by atoms with Gasteiger partial charge < -0.3 is 15.3 Å². The second kappa shape index (κ2) is 7.12. The highest BCUT2D eigenvalue weighted by molar-refractivity contribution is 5.92. The Labute approximate surface area is 148 Å². The Hall–Kier alpha value is -1.95. The predicted molar refractivity (Wildman–Crippen MR) is 93.9 cm³/mol. The van der Waals surface area contributed by atoms with Gasteiger partial charge in [-0.05, 0) is 31.4 Å². The molecule has 6 nitrogen and oxygen atoms in total. The van der Waals surface area contributed by atoms with E-state index in [1.807, 2.05) is 4.90 Å². The van der Waals surface area contributed by atoms with Crippen molar-refractivity contribution in [1.82, 2.24) is 15.2 Å². The summed E-state index contributed by atoms with van der Waals surface area (Å²) in [7, 11) is 0. The zero-order chi connectivity index (χ0) is 18.0. The van der Waals surface area contributed by atoms with E-state index in [1.165, 1.54) is 0 Å². The number of fused-ring (bicyclic) bond motifs is 1. The predicted octanol–water partition coefficient (Wildman–Crippen LogP) is 1.74. The van der Waals surface area contributed by atoms with Crippen LogP contribution >= 0.6 is 0 Å². The first kappa shape index (κ1) is 17.9. The van der Waals surface area contributed by atoms with Gasteiger partial charge in [0.1, 0.15) is 5.69 Å². The minimum absolute atomic E-state index is 0.0138. The van der Waals surface area contributed by atoms with Crippen LogP contribution in [0.3, 0.4) is 0 Å². The van der Waals surface area contributed by atoms with Crippen molar-refractivity contribution < 1.29 is 14.7 Å². The number of amides is 2. The van der Waals surface area contributed by atoms with Gasteiger partial charge in [-0.1, -0.05) is 25.8 Å². The van der Waals surface area contributed by atoms with E-state index in [1.54, 1.807) is 31.3 Å². The Bertz CT molecular complexity index is 636. The van der Waals surface area contributed by atoms with Gasteiger partial charge in [-0.3, -0.25) is 14.6 Å². The molecule has 0 radical (unpaired) electrons. The van der Waals surface area contributed by atoms with Crippen molar-refractivity contribution in [3.05, 3.63) is 30.1 Å². The van der Waals surface area contributed by atoms with E-state index in [-0.39, 0.29) is 29.3 Å². The molecule has 1 aromatic rings. The minimum Gasteiger partial charge on any atom is -0.392 e. The summed E-state index contributed by atoms with van der Waals surface area (Å²) in [6, 6.07) is 5.16. The molecule has 2 heterocycles. The summed E-state index contributed by atoms with van der Waals surface area (Å²) in [5.41, 5.74) is 0.0677. The first-order valence-electron chi connectivity index (χ1n) is 9.09. The molecule has 1 aliphatic heterocycles. The molecular formula is C19H27N3O3. The first-order valence-corrected chi connectivity index (χ1v) is 9.09. The number of pyridine rings is 1. The maximum absolute atomic E-state index is 12.3. The van der Waals surface area contributed by atoms with Crippen LogP contribution in [0.25, 0.3) is 0 Å². The van der Waals surface area contributed by atoms with E-state index in [2.05, 4.69) is 17.2 Å². The Morgan fingerprint density at radius 2 is 2.12 bits per heavy atom. The molecule has 0 unspecified atom stereocenters. The quantitative estimate of drug-likeness (QED) is 0.874. The Kier molecular flexibility index (Phi) is 5.08. The van der Waals surface area contributed by atoms with Crippen molar-refractivity contribution in [2.45, 2.75) is 64.1 Å². The SMILES string of the molecule is CC(=O)N1[C@@H](CNC(=O)c2ccccn2)C[C@@]2(C)[C@@H](O)CCCC[C@@H]12. The van der Waals surface area contributed by atoms with E-state index in [0.29, 0.717) is 18.7 Å². The smallest absolute Gasteiger partial charge is 0.269 e. The van der Waals surface area contributed by atoms with Crippen LogP contribution < -0.4 is 5.32 Å². The van der Waals surface area contributed by atoms with Crippen LogP contribution in [0.4, 0.5) is 0 Å². The third-order valence-electron chi connectivity index (χ3n) is 5.89. The molecule has 2 amide bonds. The van der Waals surface area contributed by atoms with Gasteiger partial charge in [-0.25, -0.2) is 0 Å². The summed E-state index contributed by atoms with van der Waals surface area (Å²) in [4.78, 5) is 30.5. The van der Waals surface area contributed by atoms with Gasteiger partial charge >= 0.3 is 0 Å². The molecule has 1 aliphatic carbocycles. The summed E-state index contributed by atoms with van der Waals surface area (Å²) in [5, 5.41) is 13.6. The van der Waals surface area contributed by atoms with Crippen molar-refractivity contribution in [1.29, 1.82) is 0 Å². The molecule has 1 saturated carbocycles. The molecule has 4 atom stereocenters. The molecule has 2 N–H and O–H groups in total. The lowest BCUT2D eigenvalue weighted by Gasteiger charge is -2.37. The normalized spacial score (nSPS) is 32.0. The van der Waals surface area contributed by atoms with E-state index in [0.717, 1.165) is 25.7 Å². The number of nitrogens with one attached hydrogen (secondary N) is 1. The topological polar surface area (TPSA) is 82.5 Å². The van der Waals surface area contributed by atoms with Crippen molar-refractivity contribution in [3.63, 3.8) is 0 Å². The fraction of sp³-hybridized carbons (Fsp3) is 0.632. The van der Waals surface area contributed by atoms with Crippen molar-refractivity contribution >= 4 is 11.8 Å². The van der Waals surface area contributed by atoms with E-state index >= 15 is 0 Å². The molecule has 0 bridgehead atoms. The maximum Gasteiger partial charge on any atom is 0.269 e. The fourth-order valence-corrected chi connectivity index (χ4v) is 4.59. The third kappa shape index (κ3) is 3.40. The van der Waals surface area contributed by atoms with Crippen molar-refractivity contribution in [3.8, 4) is 0 Å². The van der Waals surface area contributed by atoms with Gasteiger partial charge in [0.2, 0.25) is 5.91 Å². The van der Waals surface area contributed by atoms with Gasteiger partial charge in [0.15, 0.2) is 0 Å². The number of nitrogens with zero attached hydrogens (tertiary/aromatic N) is 2. The molecular weight excluding hydrogens is 318 g/mol. The number of carbonyl (C=O) groups excluding carboxylic acids is 2. The summed E-state index contributed by atoms with van der Waals surface area (Å²) in [5.74, 6) is -0.221. The molecule has 6 heteroatoms. The van der Waals surface area contributed by atoms with E-state index in [9.17, 15) is 14.7 Å². The highest BCUT2D eigenvalue weighted by atomic mass is 16.3. The van der Waals surface area contributed by atoms with Crippen LogP contribution in [0, 0.1) is 5.41 Å². The summed E-state index contributed by atoms with van der Waals surface area (Å²) in [6.45, 7) is 4.05. The summed E-state index contributed by atoms with van der Waals surface area (Å²) >= 11 is 0. The molecule has 0 aromatic carbocycles. The Morgan fingerprint density at radius 1 is 1.36 bits per heavy atom. The monoisotopic (exact) mass is 345 g/mol. The highest BCUT2D eigenvalue weighted by Crippen LogP contribution is 2.48. The number of likely N-dealkylation sites (tertiary alicyclic amines) is 1. The third-order valence-corrected chi connectivity index (χ3v) is 5.89. The minimum atomic E-state index is -0.404. The molecule has 0 spiro atoms. The number of carbonyl (C=O) groups is 2. The number of hydrogen-bond acceptors (Lipinski definition) is 4. The molecule has 1 saturated heterocycles. The van der Waals surface area contributed by atoms with Gasteiger partial charge in [-0.15, -0.1) is 0 Å². The highest BCUT2D eigenvalue weighted by Gasteiger charge is 2.54. The van der Waals surface area contributed by atoms with Crippen LogP contribution in [0.2, 0.25) is 0 Å². The molecule has 136 valence electrons. The Balaban J connectivity index is 1.74. The largest absolute Gasteiger partial charge is 0.392 e. The van der Waals surface area contributed by atoms with Crippen LogP contribution in [-0.4, -0.2) is 51.5 Å². The van der Waals surface area contributed by atoms with Crippen LogP contribution in [-0.2, 0) is 4.79 Å². The average molecular weight is 345 g/mol. The zero-order valence-electron chi connectivity index (χ0n) is 14.9. The second-order valence-electron chi connectivity index (χ2n) is 7.53. The van der Waals surface area contributed by atoms with E-state index < -0.39 is 6.10 Å². The summed E-state index contributed by atoms with van der Waals surface area (Å²) < 4.78 is 0. The summed E-state index contributed by atoms with van der Waals surface area (Å²) in [6.07, 6.45) is 5.61.